The van der Waals surface area contributed by atoms with E-state index in [0.29, 0.717) is 6.42 Å². The van der Waals surface area contributed by atoms with Crippen molar-refractivity contribution in [3.8, 4) is 0 Å². The standard InChI is InChI=1S/C12H14O3/c13-7-5-9(14)12-8-3-1-2-4-10(8)15-11(12)6-7/h7,13H,1-6H2. The van der Waals surface area contributed by atoms with Gasteiger partial charge in [-0.05, 0) is 19.3 Å². The zero-order chi connectivity index (χ0) is 10.4. The van der Waals surface area contributed by atoms with Crippen LogP contribution in [0.3, 0.4) is 0 Å². The molecule has 80 valence electrons. The van der Waals surface area contributed by atoms with Crippen LogP contribution in [0.1, 0.15) is 46.7 Å². The molecule has 1 heterocycles. The van der Waals surface area contributed by atoms with Crippen LogP contribution in [0.4, 0.5) is 0 Å². The van der Waals surface area contributed by atoms with Gasteiger partial charge in [-0.3, -0.25) is 4.79 Å². The Hall–Kier alpha value is -1.09. The molecule has 3 heteroatoms. The van der Waals surface area contributed by atoms with Crippen molar-refractivity contribution in [3.05, 3.63) is 22.6 Å². The lowest BCUT2D eigenvalue weighted by atomic mass is 9.87. The molecule has 0 spiro atoms. The number of carbonyl (C=O) groups excluding carboxylic acids is 1. The molecule has 0 saturated heterocycles. The Labute approximate surface area is 88.1 Å². The van der Waals surface area contributed by atoms with Crippen molar-refractivity contribution < 1.29 is 14.3 Å². The Morgan fingerprint density at radius 1 is 1.13 bits per heavy atom. The largest absolute Gasteiger partial charge is 0.465 e. The molecule has 0 saturated carbocycles. The average Bonchev–Trinajstić information content (AvgIpc) is 2.54. The lowest BCUT2D eigenvalue weighted by Gasteiger charge is -2.16. The van der Waals surface area contributed by atoms with Crippen molar-refractivity contribution in [2.75, 3.05) is 0 Å². The van der Waals surface area contributed by atoms with E-state index < -0.39 is 6.10 Å². The van der Waals surface area contributed by atoms with Crippen molar-refractivity contribution in [2.45, 2.75) is 44.6 Å². The first-order valence-corrected chi connectivity index (χ1v) is 5.60. The molecular weight excluding hydrogens is 192 g/mol. The summed E-state index contributed by atoms with van der Waals surface area (Å²) in [4.78, 5) is 11.8. The lowest BCUT2D eigenvalue weighted by Crippen LogP contribution is -2.23. The highest BCUT2D eigenvalue weighted by atomic mass is 16.3. The Kier molecular flexibility index (Phi) is 1.96. The molecule has 0 bridgehead atoms. The maximum absolute atomic E-state index is 11.8. The molecule has 3 nitrogen and oxygen atoms in total. The molecule has 15 heavy (non-hydrogen) atoms. The van der Waals surface area contributed by atoms with Gasteiger partial charge in [0, 0.05) is 24.8 Å². The normalized spacial score (nSPS) is 24.9. The van der Waals surface area contributed by atoms with Gasteiger partial charge in [-0.2, -0.15) is 0 Å². The van der Waals surface area contributed by atoms with E-state index in [1.54, 1.807) is 0 Å². The van der Waals surface area contributed by atoms with Gasteiger partial charge in [0.1, 0.15) is 11.5 Å². The number of carbonyl (C=O) groups is 1. The van der Waals surface area contributed by atoms with E-state index >= 15 is 0 Å². The number of hydrogen-bond acceptors (Lipinski definition) is 3. The van der Waals surface area contributed by atoms with Crippen LogP contribution in [-0.2, 0) is 19.3 Å². The van der Waals surface area contributed by atoms with E-state index in [1.165, 1.54) is 0 Å². The predicted molar refractivity (Wildman–Crippen MR) is 54.0 cm³/mol. The monoisotopic (exact) mass is 206 g/mol. The van der Waals surface area contributed by atoms with Crippen LogP contribution in [0, 0.1) is 0 Å². The van der Waals surface area contributed by atoms with E-state index in [9.17, 15) is 9.90 Å². The summed E-state index contributed by atoms with van der Waals surface area (Å²) in [6.45, 7) is 0. The highest BCUT2D eigenvalue weighted by molar-refractivity contribution is 6.00. The summed E-state index contributed by atoms with van der Waals surface area (Å²) in [6.07, 6.45) is 4.44. The second kappa shape index (κ2) is 3.20. The van der Waals surface area contributed by atoms with Crippen molar-refractivity contribution >= 4 is 5.78 Å². The van der Waals surface area contributed by atoms with E-state index in [0.717, 1.165) is 48.3 Å². The van der Waals surface area contributed by atoms with Gasteiger partial charge in [-0.25, -0.2) is 0 Å². The number of aliphatic hydroxyl groups is 1. The summed E-state index contributed by atoms with van der Waals surface area (Å²) >= 11 is 0. The van der Waals surface area contributed by atoms with E-state index in [2.05, 4.69) is 0 Å². The molecule has 0 aliphatic heterocycles. The molecule has 2 aliphatic carbocycles. The van der Waals surface area contributed by atoms with Gasteiger partial charge < -0.3 is 9.52 Å². The third-order valence-electron chi connectivity index (χ3n) is 3.37. The quantitative estimate of drug-likeness (QED) is 0.702. The Balaban J connectivity index is 2.12. The second-order valence-electron chi connectivity index (χ2n) is 4.49. The second-order valence-corrected chi connectivity index (χ2v) is 4.49. The number of aryl methyl sites for hydroxylation is 1. The Morgan fingerprint density at radius 3 is 2.80 bits per heavy atom. The maximum Gasteiger partial charge on any atom is 0.169 e. The smallest absolute Gasteiger partial charge is 0.169 e. The van der Waals surface area contributed by atoms with Gasteiger partial charge in [-0.1, -0.05) is 0 Å². The molecular formula is C12H14O3. The van der Waals surface area contributed by atoms with Gasteiger partial charge in [-0.15, -0.1) is 0 Å². The zero-order valence-corrected chi connectivity index (χ0v) is 8.58. The molecule has 0 amide bonds. The fraction of sp³-hybridized carbons (Fsp3) is 0.583. The van der Waals surface area contributed by atoms with Gasteiger partial charge in [0.25, 0.3) is 0 Å². The van der Waals surface area contributed by atoms with Crippen LogP contribution in [0.5, 0.6) is 0 Å². The number of Topliss-reactive ketones (excluding diaryl/α,β-unsaturated/α-hetero) is 1. The number of fused-ring (bicyclic) bond motifs is 3. The SMILES string of the molecule is O=C1CC(O)Cc2oc3c(c21)CCCC3. The minimum Gasteiger partial charge on any atom is -0.465 e. The first-order chi connectivity index (χ1) is 7.25. The summed E-state index contributed by atoms with van der Waals surface area (Å²) in [7, 11) is 0. The molecule has 0 radical (unpaired) electrons. The van der Waals surface area contributed by atoms with Crippen molar-refractivity contribution in [1.29, 1.82) is 0 Å². The average molecular weight is 206 g/mol. The number of furan rings is 1. The van der Waals surface area contributed by atoms with Crippen molar-refractivity contribution in [2.24, 2.45) is 0 Å². The maximum atomic E-state index is 11.8. The van der Waals surface area contributed by atoms with Gasteiger partial charge in [0.15, 0.2) is 5.78 Å². The fourth-order valence-corrected chi connectivity index (χ4v) is 2.69. The molecule has 0 aromatic carbocycles. The van der Waals surface area contributed by atoms with Crippen LogP contribution in [-0.4, -0.2) is 17.0 Å². The molecule has 1 N–H and O–H groups in total. The van der Waals surface area contributed by atoms with Crippen molar-refractivity contribution in [1.82, 2.24) is 0 Å². The van der Waals surface area contributed by atoms with Crippen LogP contribution >= 0.6 is 0 Å². The third kappa shape index (κ3) is 1.34. The molecule has 2 aliphatic rings. The highest BCUT2D eigenvalue weighted by Crippen LogP contribution is 2.34. The lowest BCUT2D eigenvalue weighted by molar-refractivity contribution is 0.0837. The van der Waals surface area contributed by atoms with Gasteiger partial charge in [0.2, 0.25) is 0 Å². The first kappa shape index (κ1) is 9.16. The van der Waals surface area contributed by atoms with Crippen LogP contribution in [0.2, 0.25) is 0 Å². The van der Waals surface area contributed by atoms with Crippen molar-refractivity contribution in [3.63, 3.8) is 0 Å². The zero-order valence-electron chi connectivity index (χ0n) is 8.58. The number of ketones is 1. The molecule has 1 atom stereocenters. The van der Waals surface area contributed by atoms with Crippen LogP contribution in [0.15, 0.2) is 4.42 Å². The minimum atomic E-state index is -0.544. The predicted octanol–water partition coefficient (Wildman–Crippen LogP) is 1.65. The number of aliphatic hydroxyl groups excluding tert-OH is 1. The van der Waals surface area contributed by atoms with E-state index in [4.69, 9.17) is 4.42 Å². The summed E-state index contributed by atoms with van der Waals surface area (Å²) in [5.41, 5.74) is 1.93. The summed E-state index contributed by atoms with van der Waals surface area (Å²) in [6, 6.07) is 0. The molecule has 1 aromatic heterocycles. The summed E-state index contributed by atoms with van der Waals surface area (Å²) in [5.74, 6) is 1.79. The highest BCUT2D eigenvalue weighted by Gasteiger charge is 2.32. The minimum absolute atomic E-state index is 0.0654. The van der Waals surface area contributed by atoms with E-state index in [1.807, 2.05) is 0 Å². The molecule has 1 aromatic rings. The van der Waals surface area contributed by atoms with Gasteiger partial charge in [0.05, 0.1) is 11.7 Å². The first-order valence-electron chi connectivity index (χ1n) is 5.60. The summed E-state index contributed by atoms with van der Waals surface area (Å²) < 4.78 is 5.69. The van der Waals surface area contributed by atoms with E-state index in [-0.39, 0.29) is 12.2 Å². The Morgan fingerprint density at radius 2 is 1.93 bits per heavy atom. The molecule has 1 unspecified atom stereocenters. The molecule has 0 fully saturated rings. The topological polar surface area (TPSA) is 50.4 Å². The summed E-state index contributed by atoms with van der Waals surface area (Å²) in [5, 5.41) is 9.51. The number of rotatable bonds is 0. The molecule has 3 rings (SSSR count). The number of hydrogen-bond donors (Lipinski definition) is 1. The Bertz CT molecular complexity index is 417. The third-order valence-corrected chi connectivity index (χ3v) is 3.37. The van der Waals surface area contributed by atoms with Crippen LogP contribution < -0.4 is 0 Å². The van der Waals surface area contributed by atoms with Gasteiger partial charge >= 0.3 is 0 Å². The van der Waals surface area contributed by atoms with Crippen LogP contribution in [0.25, 0.3) is 0 Å². The fourth-order valence-electron chi connectivity index (χ4n) is 2.69.